The van der Waals surface area contributed by atoms with E-state index < -0.39 is 0 Å². The van der Waals surface area contributed by atoms with Gasteiger partial charge in [0, 0.05) is 19.5 Å². The number of hydrogen-bond donors (Lipinski definition) is 0. The molecule has 3 heteroatoms. The molecule has 0 saturated heterocycles. The van der Waals surface area contributed by atoms with E-state index in [1.54, 1.807) is 18.9 Å². The highest BCUT2D eigenvalue weighted by Gasteiger charge is 1.85. The average Bonchev–Trinajstić information content (AvgIpc) is 1.89. The third-order valence-corrected chi connectivity index (χ3v) is 1.77. The number of rotatable bonds is 6. The van der Waals surface area contributed by atoms with E-state index in [4.69, 9.17) is 4.74 Å². The summed E-state index contributed by atoms with van der Waals surface area (Å²) in [7, 11) is 1.68. The van der Waals surface area contributed by atoms with Crippen LogP contribution in [0.5, 0.6) is 0 Å². The van der Waals surface area contributed by atoms with Gasteiger partial charge in [-0.1, -0.05) is 0 Å². The lowest BCUT2D eigenvalue weighted by Gasteiger charge is -1.95. The second-order valence-corrected chi connectivity index (χ2v) is 2.74. The largest absolute Gasteiger partial charge is 0.385 e. The summed E-state index contributed by atoms with van der Waals surface area (Å²) in [6.45, 7) is 0.797. The Morgan fingerprint density at radius 3 is 3.00 bits per heavy atom. The van der Waals surface area contributed by atoms with Gasteiger partial charge in [-0.2, -0.15) is 11.8 Å². The summed E-state index contributed by atoms with van der Waals surface area (Å²) in [6.07, 6.45) is 1.96. The van der Waals surface area contributed by atoms with E-state index in [0.717, 1.165) is 25.1 Å². The quantitative estimate of drug-likeness (QED) is 0.414. The molecule has 0 radical (unpaired) electrons. The third kappa shape index (κ3) is 7.98. The fourth-order valence-corrected chi connectivity index (χ4v) is 1.02. The van der Waals surface area contributed by atoms with Crippen LogP contribution in [0.4, 0.5) is 0 Å². The first-order valence-electron chi connectivity index (χ1n) is 2.92. The topological polar surface area (TPSA) is 26.3 Å². The SMILES string of the molecule is COCCCSCC=O. The number of carbonyl (C=O) groups is 1. The van der Waals surface area contributed by atoms with Crippen molar-refractivity contribution in [1.29, 1.82) is 0 Å². The molecule has 0 rings (SSSR count). The molecule has 2 nitrogen and oxygen atoms in total. The molecule has 0 N–H and O–H groups in total. The molecule has 0 aromatic heterocycles. The molecular weight excluding hydrogens is 136 g/mol. The van der Waals surface area contributed by atoms with Gasteiger partial charge in [0.25, 0.3) is 0 Å². The maximum Gasteiger partial charge on any atom is 0.129 e. The fourth-order valence-electron chi connectivity index (χ4n) is 0.437. The van der Waals surface area contributed by atoms with Crippen molar-refractivity contribution in [3.8, 4) is 0 Å². The first kappa shape index (κ1) is 8.98. The van der Waals surface area contributed by atoms with Crippen LogP contribution in [-0.4, -0.2) is 31.5 Å². The molecule has 0 aliphatic heterocycles. The second kappa shape index (κ2) is 7.98. The van der Waals surface area contributed by atoms with Crippen molar-refractivity contribution < 1.29 is 9.53 Å². The van der Waals surface area contributed by atoms with Gasteiger partial charge < -0.3 is 9.53 Å². The summed E-state index contributed by atoms with van der Waals surface area (Å²) in [5.41, 5.74) is 0. The van der Waals surface area contributed by atoms with Crippen LogP contribution < -0.4 is 0 Å². The van der Waals surface area contributed by atoms with Crippen molar-refractivity contribution in [2.75, 3.05) is 25.2 Å². The first-order valence-corrected chi connectivity index (χ1v) is 4.07. The molecule has 0 amide bonds. The minimum atomic E-state index is 0.615. The molecular formula is C6H12O2S. The monoisotopic (exact) mass is 148 g/mol. The van der Waals surface area contributed by atoms with Gasteiger partial charge in [0.15, 0.2) is 0 Å². The number of aldehydes is 1. The molecule has 54 valence electrons. The van der Waals surface area contributed by atoms with Gasteiger partial charge in [0.05, 0.1) is 0 Å². The fraction of sp³-hybridized carbons (Fsp3) is 0.833. The summed E-state index contributed by atoms with van der Waals surface area (Å²) < 4.78 is 4.82. The van der Waals surface area contributed by atoms with E-state index in [1.807, 2.05) is 0 Å². The highest BCUT2D eigenvalue weighted by Crippen LogP contribution is 1.99. The predicted octanol–water partition coefficient (Wildman–Crippen LogP) is 0.955. The highest BCUT2D eigenvalue weighted by molar-refractivity contribution is 7.99. The molecule has 0 saturated carbocycles. The maximum atomic E-state index is 9.79. The van der Waals surface area contributed by atoms with Gasteiger partial charge >= 0.3 is 0 Å². The molecule has 0 aliphatic carbocycles. The molecule has 0 aromatic rings. The predicted molar refractivity (Wildman–Crippen MR) is 39.9 cm³/mol. The molecule has 0 aliphatic rings. The summed E-state index contributed by atoms with van der Waals surface area (Å²) in [4.78, 5) is 9.79. The minimum Gasteiger partial charge on any atom is -0.385 e. The summed E-state index contributed by atoms with van der Waals surface area (Å²) in [5, 5.41) is 0. The molecule has 0 fully saturated rings. The van der Waals surface area contributed by atoms with Gasteiger partial charge in [-0.25, -0.2) is 0 Å². The van der Waals surface area contributed by atoms with Crippen LogP contribution in [0, 0.1) is 0 Å². The van der Waals surface area contributed by atoms with Gasteiger partial charge in [-0.05, 0) is 12.2 Å². The van der Waals surface area contributed by atoms with Crippen molar-refractivity contribution >= 4 is 18.0 Å². The zero-order valence-corrected chi connectivity index (χ0v) is 6.45. The number of thioether (sulfide) groups is 1. The Hall–Kier alpha value is -0.0200. The van der Waals surface area contributed by atoms with E-state index in [1.165, 1.54) is 0 Å². The van der Waals surface area contributed by atoms with E-state index in [0.29, 0.717) is 5.75 Å². The van der Waals surface area contributed by atoms with Gasteiger partial charge in [-0.15, -0.1) is 0 Å². The summed E-state index contributed by atoms with van der Waals surface area (Å²) >= 11 is 1.65. The standard InChI is InChI=1S/C6H12O2S/c1-8-4-2-5-9-6-3-7/h3H,2,4-6H2,1H3. The van der Waals surface area contributed by atoms with Crippen LogP contribution in [0.2, 0.25) is 0 Å². The van der Waals surface area contributed by atoms with Crippen molar-refractivity contribution in [2.24, 2.45) is 0 Å². The average molecular weight is 148 g/mol. The molecule has 0 spiro atoms. The normalized spacial score (nSPS) is 9.44. The second-order valence-electron chi connectivity index (χ2n) is 1.59. The Morgan fingerprint density at radius 1 is 1.67 bits per heavy atom. The van der Waals surface area contributed by atoms with Crippen molar-refractivity contribution in [3.63, 3.8) is 0 Å². The van der Waals surface area contributed by atoms with Crippen molar-refractivity contribution in [3.05, 3.63) is 0 Å². The number of ether oxygens (including phenoxy) is 1. The zero-order valence-electron chi connectivity index (χ0n) is 5.63. The number of hydrogen-bond acceptors (Lipinski definition) is 3. The van der Waals surface area contributed by atoms with Crippen LogP contribution in [-0.2, 0) is 9.53 Å². The lowest BCUT2D eigenvalue weighted by molar-refractivity contribution is -0.105. The molecule has 0 aromatic carbocycles. The molecule has 9 heavy (non-hydrogen) atoms. The van der Waals surface area contributed by atoms with E-state index >= 15 is 0 Å². The van der Waals surface area contributed by atoms with Crippen molar-refractivity contribution in [1.82, 2.24) is 0 Å². The molecule has 0 atom stereocenters. The molecule has 0 unspecified atom stereocenters. The van der Waals surface area contributed by atoms with Crippen LogP contribution >= 0.6 is 11.8 Å². The lowest BCUT2D eigenvalue weighted by atomic mass is 10.5. The Bertz CT molecular complexity index is 66.1. The Balaban J connectivity index is 2.66. The number of carbonyl (C=O) groups excluding carboxylic acids is 1. The molecule has 0 bridgehead atoms. The zero-order chi connectivity index (χ0) is 6.95. The maximum absolute atomic E-state index is 9.79. The highest BCUT2D eigenvalue weighted by atomic mass is 32.2. The van der Waals surface area contributed by atoms with E-state index in [9.17, 15) is 4.79 Å². The minimum absolute atomic E-state index is 0.615. The van der Waals surface area contributed by atoms with E-state index in [2.05, 4.69) is 0 Å². The van der Waals surface area contributed by atoms with Crippen LogP contribution in [0.1, 0.15) is 6.42 Å². The van der Waals surface area contributed by atoms with Gasteiger partial charge in [0.2, 0.25) is 0 Å². The third-order valence-electron chi connectivity index (χ3n) is 0.823. The first-order chi connectivity index (χ1) is 4.41. The van der Waals surface area contributed by atoms with Crippen LogP contribution in [0.3, 0.4) is 0 Å². The Kier molecular flexibility index (Phi) is 7.96. The van der Waals surface area contributed by atoms with Crippen LogP contribution in [0.15, 0.2) is 0 Å². The summed E-state index contributed by atoms with van der Waals surface area (Å²) in [5.74, 6) is 1.64. The van der Waals surface area contributed by atoms with E-state index in [-0.39, 0.29) is 0 Å². The van der Waals surface area contributed by atoms with Gasteiger partial charge in [0.1, 0.15) is 6.29 Å². The smallest absolute Gasteiger partial charge is 0.129 e. The molecule has 0 heterocycles. The number of methoxy groups -OCH3 is 1. The lowest BCUT2D eigenvalue weighted by Crippen LogP contribution is -1.91. The van der Waals surface area contributed by atoms with Crippen molar-refractivity contribution in [2.45, 2.75) is 6.42 Å². The Labute approximate surface area is 60.0 Å². The summed E-state index contributed by atoms with van der Waals surface area (Å²) in [6, 6.07) is 0. The van der Waals surface area contributed by atoms with Crippen LogP contribution in [0.25, 0.3) is 0 Å². The Morgan fingerprint density at radius 2 is 2.44 bits per heavy atom. The van der Waals surface area contributed by atoms with Gasteiger partial charge in [-0.3, -0.25) is 0 Å².